The number of nitrogens with zero attached hydrogens (tertiary/aromatic N) is 5. The molecule has 7 heteroatoms. The summed E-state index contributed by atoms with van der Waals surface area (Å²) >= 11 is 0. The van der Waals surface area contributed by atoms with Crippen LogP contribution in [0, 0.1) is 11.8 Å². The fourth-order valence-corrected chi connectivity index (χ4v) is 4.72. The van der Waals surface area contributed by atoms with Crippen LogP contribution < -0.4 is 5.32 Å². The van der Waals surface area contributed by atoms with Crippen LogP contribution in [0.3, 0.4) is 0 Å². The number of carbonyl (C=O) groups is 1. The molecule has 24 heavy (non-hydrogen) atoms. The van der Waals surface area contributed by atoms with E-state index < -0.39 is 0 Å². The number of fused-ring (bicyclic) bond motifs is 1. The first kappa shape index (κ1) is 16.0. The molecular weight excluding hydrogens is 304 g/mol. The van der Waals surface area contributed by atoms with Crippen LogP contribution >= 0.6 is 0 Å². The molecule has 0 aromatic carbocycles. The Hall–Kier alpha value is -1.50. The first-order valence-corrected chi connectivity index (χ1v) is 9.58. The number of amides is 1. The predicted octanol–water partition coefficient (Wildman–Crippen LogP) is 1.18. The van der Waals surface area contributed by atoms with Crippen molar-refractivity contribution in [3.8, 4) is 0 Å². The number of tetrazole rings is 1. The zero-order valence-corrected chi connectivity index (χ0v) is 14.4. The molecule has 1 amide bonds. The van der Waals surface area contributed by atoms with Gasteiger partial charge in [-0.25, -0.2) is 4.68 Å². The Morgan fingerprint density at radius 1 is 0.958 bits per heavy atom. The highest BCUT2D eigenvalue weighted by atomic mass is 16.2. The Labute approximate surface area is 143 Å². The minimum absolute atomic E-state index is 0.141. The van der Waals surface area contributed by atoms with Crippen molar-refractivity contribution in [2.24, 2.45) is 11.8 Å². The molecule has 0 saturated carbocycles. The average Bonchev–Trinajstić information content (AvgIpc) is 3.01. The third kappa shape index (κ3) is 3.18. The minimum atomic E-state index is -0.141. The Kier molecular flexibility index (Phi) is 4.78. The zero-order valence-electron chi connectivity index (χ0n) is 14.4. The molecule has 3 aliphatic heterocycles. The Bertz CT molecular complexity index is 559. The van der Waals surface area contributed by atoms with E-state index in [-0.39, 0.29) is 11.8 Å². The molecule has 1 N–H and O–H groups in total. The second kappa shape index (κ2) is 7.17. The highest BCUT2D eigenvalue weighted by Gasteiger charge is 2.35. The summed E-state index contributed by atoms with van der Waals surface area (Å²) in [6, 6.07) is 0. The van der Waals surface area contributed by atoms with Crippen molar-refractivity contribution in [1.29, 1.82) is 0 Å². The van der Waals surface area contributed by atoms with E-state index in [4.69, 9.17) is 0 Å². The Morgan fingerprint density at radius 3 is 2.50 bits per heavy atom. The smallest absolute Gasteiger partial charge is 0.233 e. The molecule has 7 nitrogen and oxygen atoms in total. The summed E-state index contributed by atoms with van der Waals surface area (Å²) in [7, 11) is 0. The lowest BCUT2D eigenvalue weighted by atomic mass is 9.79. The summed E-state index contributed by atoms with van der Waals surface area (Å²) in [4.78, 5) is 15.1. The van der Waals surface area contributed by atoms with E-state index in [1.54, 1.807) is 0 Å². The van der Waals surface area contributed by atoms with Crippen molar-refractivity contribution in [3.63, 3.8) is 0 Å². The molecule has 1 aromatic rings. The molecule has 3 aliphatic rings. The van der Waals surface area contributed by atoms with Gasteiger partial charge in [0, 0.05) is 19.6 Å². The fourth-order valence-electron chi connectivity index (χ4n) is 4.72. The molecule has 132 valence electrons. The number of aryl methyl sites for hydroxylation is 1. The molecule has 4 rings (SSSR count). The maximum atomic E-state index is 13.1. The Balaban J connectivity index is 1.38. The predicted molar refractivity (Wildman–Crippen MR) is 89.3 cm³/mol. The third-order valence-corrected chi connectivity index (χ3v) is 6.18. The summed E-state index contributed by atoms with van der Waals surface area (Å²) in [5.41, 5.74) is 0. The minimum Gasteiger partial charge on any atom is -0.342 e. The van der Waals surface area contributed by atoms with Gasteiger partial charge in [-0.2, -0.15) is 0 Å². The van der Waals surface area contributed by atoms with Gasteiger partial charge in [-0.1, -0.05) is 6.42 Å². The van der Waals surface area contributed by atoms with Crippen molar-refractivity contribution in [1.82, 2.24) is 30.4 Å². The largest absolute Gasteiger partial charge is 0.342 e. The van der Waals surface area contributed by atoms with Crippen LogP contribution in [0.4, 0.5) is 0 Å². The molecular formula is C17H28N6O. The SMILES string of the molecule is O=C(C1CCCCn2nnnc21)N1CCC(C2CCNCC2)CC1. The average molecular weight is 332 g/mol. The summed E-state index contributed by atoms with van der Waals surface area (Å²) in [5.74, 6) is 2.54. The number of piperidine rings is 2. The fraction of sp³-hybridized carbons (Fsp3) is 0.882. The third-order valence-electron chi connectivity index (χ3n) is 6.18. The van der Waals surface area contributed by atoms with Gasteiger partial charge in [0.25, 0.3) is 0 Å². The van der Waals surface area contributed by atoms with E-state index in [1.165, 1.54) is 12.8 Å². The van der Waals surface area contributed by atoms with Crippen molar-refractivity contribution < 1.29 is 4.79 Å². The molecule has 1 aromatic heterocycles. The number of hydrogen-bond donors (Lipinski definition) is 1. The van der Waals surface area contributed by atoms with Gasteiger partial charge in [0.15, 0.2) is 5.82 Å². The van der Waals surface area contributed by atoms with E-state index in [9.17, 15) is 4.79 Å². The van der Waals surface area contributed by atoms with Gasteiger partial charge in [-0.15, -0.1) is 5.10 Å². The van der Waals surface area contributed by atoms with Crippen LogP contribution in [0.25, 0.3) is 0 Å². The van der Waals surface area contributed by atoms with E-state index in [0.29, 0.717) is 0 Å². The first-order valence-electron chi connectivity index (χ1n) is 9.58. The number of hydrogen-bond acceptors (Lipinski definition) is 5. The van der Waals surface area contributed by atoms with Gasteiger partial charge in [-0.3, -0.25) is 4.79 Å². The standard InChI is InChI=1S/C17H28N6O/c24-17(15-3-1-2-10-23-16(15)19-20-21-23)22-11-6-14(7-12-22)13-4-8-18-9-5-13/h13-15,18H,1-12H2. The highest BCUT2D eigenvalue weighted by molar-refractivity contribution is 5.83. The van der Waals surface area contributed by atoms with Gasteiger partial charge in [-0.05, 0) is 73.9 Å². The topological polar surface area (TPSA) is 75.9 Å². The van der Waals surface area contributed by atoms with Gasteiger partial charge in [0.1, 0.15) is 0 Å². The van der Waals surface area contributed by atoms with Gasteiger partial charge >= 0.3 is 0 Å². The number of likely N-dealkylation sites (tertiary alicyclic amines) is 1. The second-order valence-corrected chi connectivity index (χ2v) is 7.56. The lowest BCUT2D eigenvalue weighted by Crippen LogP contribution is -2.44. The molecule has 1 unspecified atom stereocenters. The lowest BCUT2D eigenvalue weighted by molar-refractivity contribution is -0.135. The molecule has 4 heterocycles. The van der Waals surface area contributed by atoms with Crippen LogP contribution in [0.5, 0.6) is 0 Å². The van der Waals surface area contributed by atoms with Crippen LogP contribution in [-0.4, -0.2) is 57.2 Å². The van der Waals surface area contributed by atoms with Gasteiger partial charge in [0.2, 0.25) is 5.91 Å². The lowest BCUT2D eigenvalue weighted by Gasteiger charge is -2.38. The van der Waals surface area contributed by atoms with Crippen LogP contribution in [0.2, 0.25) is 0 Å². The van der Waals surface area contributed by atoms with Crippen LogP contribution in [0.15, 0.2) is 0 Å². The summed E-state index contributed by atoms with van der Waals surface area (Å²) in [5, 5.41) is 15.4. The zero-order chi connectivity index (χ0) is 16.4. The summed E-state index contributed by atoms with van der Waals surface area (Å²) < 4.78 is 1.83. The summed E-state index contributed by atoms with van der Waals surface area (Å²) in [6.07, 6.45) is 7.92. The van der Waals surface area contributed by atoms with E-state index in [2.05, 4.69) is 25.7 Å². The number of nitrogens with one attached hydrogen (secondary N) is 1. The Morgan fingerprint density at radius 2 is 1.71 bits per heavy atom. The van der Waals surface area contributed by atoms with Crippen LogP contribution in [0.1, 0.15) is 56.7 Å². The van der Waals surface area contributed by atoms with Crippen molar-refractivity contribution in [3.05, 3.63) is 5.82 Å². The summed E-state index contributed by atoms with van der Waals surface area (Å²) in [6.45, 7) is 4.98. The molecule has 2 fully saturated rings. The normalized spacial score (nSPS) is 26.8. The van der Waals surface area contributed by atoms with Gasteiger partial charge < -0.3 is 10.2 Å². The molecule has 0 bridgehead atoms. The molecule has 0 spiro atoms. The van der Waals surface area contributed by atoms with Crippen molar-refractivity contribution >= 4 is 5.91 Å². The first-order chi connectivity index (χ1) is 11.8. The molecule has 0 aliphatic carbocycles. The van der Waals surface area contributed by atoms with Crippen LogP contribution in [-0.2, 0) is 11.3 Å². The molecule has 1 atom stereocenters. The second-order valence-electron chi connectivity index (χ2n) is 7.56. The van der Waals surface area contributed by atoms with E-state index in [0.717, 1.165) is 82.5 Å². The monoisotopic (exact) mass is 332 g/mol. The van der Waals surface area contributed by atoms with E-state index in [1.807, 2.05) is 4.68 Å². The van der Waals surface area contributed by atoms with Gasteiger partial charge in [0.05, 0.1) is 5.92 Å². The maximum absolute atomic E-state index is 13.1. The quantitative estimate of drug-likeness (QED) is 0.880. The highest BCUT2D eigenvalue weighted by Crippen LogP contribution is 2.33. The van der Waals surface area contributed by atoms with Crippen molar-refractivity contribution in [2.75, 3.05) is 26.2 Å². The molecule has 2 saturated heterocycles. The maximum Gasteiger partial charge on any atom is 0.233 e. The van der Waals surface area contributed by atoms with E-state index >= 15 is 0 Å². The number of aromatic nitrogens is 4. The number of carbonyl (C=O) groups excluding carboxylic acids is 1. The molecule has 0 radical (unpaired) electrons. The number of rotatable bonds is 2. The van der Waals surface area contributed by atoms with Crippen molar-refractivity contribution in [2.45, 2.75) is 57.4 Å².